The van der Waals surface area contributed by atoms with Gasteiger partial charge in [0.25, 0.3) is 0 Å². The quantitative estimate of drug-likeness (QED) is 0.608. The third kappa shape index (κ3) is 2.61. The third-order valence-electron chi connectivity index (χ3n) is 1.06. The van der Waals surface area contributed by atoms with Gasteiger partial charge in [0.1, 0.15) is 0 Å². The number of hydrogen-bond acceptors (Lipinski definition) is 1. The summed E-state index contributed by atoms with van der Waals surface area (Å²) in [6.45, 7) is 4.02. The van der Waals surface area contributed by atoms with Crippen molar-refractivity contribution in [3.63, 3.8) is 0 Å². The van der Waals surface area contributed by atoms with Gasteiger partial charge in [0, 0.05) is 11.9 Å². The van der Waals surface area contributed by atoms with E-state index in [4.69, 9.17) is 0 Å². The zero-order valence-corrected chi connectivity index (χ0v) is 7.30. The highest BCUT2D eigenvalue weighted by atomic mass is 79.9. The monoisotopic (exact) mass is 187 g/mol. The van der Waals surface area contributed by atoms with Crippen LogP contribution in [0.1, 0.15) is 11.3 Å². The molecule has 0 radical (unpaired) electrons. The Morgan fingerprint density at radius 2 is 1.89 bits per heavy atom. The van der Waals surface area contributed by atoms with Crippen LogP contribution in [0.4, 0.5) is 0 Å². The average molecular weight is 188 g/mol. The van der Waals surface area contributed by atoms with E-state index < -0.39 is 0 Å². The van der Waals surface area contributed by atoms with Crippen molar-refractivity contribution in [2.24, 2.45) is 0 Å². The smallest absolute Gasteiger partial charge is 0.0372 e. The Hall–Kier alpha value is -0.370. The fraction of sp³-hybridized carbons (Fsp3) is 0.286. The van der Waals surface area contributed by atoms with Crippen LogP contribution in [-0.4, -0.2) is 4.98 Å². The summed E-state index contributed by atoms with van der Waals surface area (Å²) in [4.78, 5) is 4.08. The molecule has 0 aliphatic rings. The van der Waals surface area contributed by atoms with E-state index in [-0.39, 0.29) is 17.0 Å². The summed E-state index contributed by atoms with van der Waals surface area (Å²) < 4.78 is 0. The molecule has 0 aromatic carbocycles. The molecule has 50 valence electrons. The van der Waals surface area contributed by atoms with E-state index in [1.54, 1.807) is 0 Å². The highest BCUT2D eigenvalue weighted by Gasteiger charge is 1.81. The van der Waals surface area contributed by atoms with Crippen LogP contribution in [0.3, 0.4) is 0 Å². The third-order valence-corrected chi connectivity index (χ3v) is 1.06. The lowest BCUT2D eigenvalue weighted by molar-refractivity contribution is 1.17. The van der Waals surface area contributed by atoms with Crippen LogP contribution in [0.25, 0.3) is 0 Å². The number of nitrogens with zero attached hydrogens (tertiary/aromatic N) is 1. The first-order valence-corrected chi connectivity index (χ1v) is 2.68. The van der Waals surface area contributed by atoms with E-state index in [2.05, 4.69) is 11.1 Å². The highest BCUT2D eigenvalue weighted by molar-refractivity contribution is 8.93. The van der Waals surface area contributed by atoms with Gasteiger partial charge in [-0.3, -0.25) is 4.98 Å². The zero-order chi connectivity index (χ0) is 5.98. The predicted molar refractivity (Wildman–Crippen MR) is 44.0 cm³/mol. The lowest BCUT2D eigenvalue weighted by atomic mass is 10.3. The molecule has 1 nitrogen and oxygen atoms in total. The van der Waals surface area contributed by atoms with Crippen LogP contribution < -0.4 is 0 Å². The van der Waals surface area contributed by atoms with Crippen LogP contribution >= 0.6 is 17.0 Å². The van der Waals surface area contributed by atoms with E-state index in [1.807, 2.05) is 26.1 Å². The summed E-state index contributed by atoms with van der Waals surface area (Å²) in [5.41, 5.74) is 2.30. The maximum Gasteiger partial charge on any atom is 0.0372 e. The maximum absolute atomic E-state index is 4.08. The number of aryl methyl sites for hydroxylation is 2. The minimum atomic E-state index is 0. The molecular weight excluding hydrogens is 178 g/mol. The molecule has 0 spiro atoms. The Labute approximate surface area is 65.9 Å². The first-order valence-electron chi connectivity index (χ1n) is 2.68. The fourth-order valence-electron chi connectivity index (χ4n) is 0.542. The molecule has 0 aliphatic heterocycles. The van der Waals surface area contributed by atoms with Gasteiger partial charge < -0.3 is 0 Å². The van der Waals surface area contributed by atoms with Gasteiger partial charge >= 0.3 is 0 Å². The second-order valence-electron chi connectivity index (χ2n) is 1.98. The molecule has 0 aliphatic carbocycles. The Balaban J connectivity index is 0.000000640. The number of aromatic nitrogens is 1. The molecule has 0 amide bonds. The summed E-state index contributed by atoms with van der Waals surface area (Å²) in [5.74, 6) is 0. The van der Waals surface area contributed by atoms with Gasteiger partial charge in [-0.25, -0.2) is 0 Å². The Kier molecular flexibility index (Phi) is 3.47. The van der Waals surface area contributed by atoms with Gasteiger partial charge in [-0.05, 0) is 25.5 Å². The Bertz CT molecular complexity index is 148. The average Bonchev–Trinajstić information content (AvgIpc) is 1.77. The van der Waals surface area contributed by atoms with Gasteiger partial charge in [0.15, 0.2) is 0 Å². The SMILES string of the molecule is Br.Cc1ccc(C)nc1. The summed E-state index contributed by atoms with van der Waals surface area (Å²) in [6.07, 6.45) is 1.87. The molecule has 9 heavy (non-hydrogen) atoms. The standard InChI is InChI=1S/C7H9N.BrH/c1-6-3-4-7(2)8-5-6;/h3-5H,1-2H3;1H. The molecule has 0 bridgehead atoms. The van der Waals surface area contributed by atoms with E-state index >= 15 is 0 Å². The number of rotatable bonds is 0. The normalized spacial score (nSPS) is 8.22. The zero-order valence-electron chi connectivity index (χ0n) is 5.59. The van der Waals surface area contributed by atoms with Crippen molar-refractivity contribution in [1.82, 2.24) is 4.98 Å². The van der Waals surface area contributed by atoms with Crippen molar-refractivity contribution in [2.45, 2.75) is 13.8 Å². The van der Waals surface area contributed by atoms with Crippen molar-refractivity contribution >= 4 is 17.0 Å². The number of halogens is 1. The van der Waals surface area contributed by atoms with E-state index in [0.29, 0.717) is 0 Å². The van der Waals surface area contributed by atoms with E-state index in [0.717, 1.165) is 5.69 Å². The lowest BCUT2D eigenvalue weighted by Crippen LogP contribution is -1.78. The van der Waals surface area contributed by atoms with Crippen LogP contribution in [0, 0.1) is 13.8 Å². The van der Waals surface area contributed by atoms with Gasteiger partial charge in [-0.2, -0.15) is 0 Å². The summed E-state index contributed by atoms with van der Waals surface area (Å²) in [6, 6.07) is 4.07. The van der Waals surface area contributed by atoms with Crippen LogP contribution in [0.2, 0.25) is 0 Å². The lowest BCUT2D eigenvalue weighted by Gasteiger charge is -1.89. The van der Waals surface area contributed by atoms with Crippen molar-refractivity contribution in [2.75, 3.05) is 0 Å². The second-order valence-corrected chi connectivity index (χ2v) is 1.98. The topological polar surface area (TPSA) is 12.9 Å². The molecule has 0 atom stereocenters. The molecule has 0 fully saturated rings. The molecule has 1 aromatic rings. The second kappa shape index (κ2) is 3.62. The van der Waals surface area contributed by atoms with Gasteiger partial charge in [0.2, 0.25) is 0 Å². The highest BCUT2D eigenvalue weighted by Crippen LogP contribution is 1.94. The van der Waals surface area contributed by atoms with Crippen molar-refractivity contribution < 1.29 is 0 Å². The summed E-state index contributed by atoms with van der Waals surface area (Å²) in [5, 5.41) is 0. The number of pyridine rings is 1. The minimum Gasteiger partial charge on any atom is -0.261 e. The van der Waals surface area contributed by atoms with Gasteiger partial charge in [-0.15, -0.1) is 17.0 Å². The molecule has 0 N–H and O–H groups in total. The first-order chi connectivity index (χ1) is 3.79. The van der Waals surface area contributed by atoms with E-state index in [9.17, 15) is 0 Å². The maximum atomic E-state index is 4.08. The molecule has 0 unspecified atom stereocenters. The Morgan fingerprint density at radius 1 is 1.22 bits per heavy atom. The summed E-state index contributed by atoms with van der Waals surface area (Å²) >= 11 is 0. The van der Waals surface area contributed by atoms with Gasteiger partial charge in [0.05, 0.1) is 0 Å². The first kappa shape index (κ1) is 8.63. The van der Waals surface area contributed by atoms with Crippen molar-refractivity contribution in [3.8, 4) is 0 Å². The van der Waals surface area contributed by atoms with Crippen molar-refractivity contribution in [1.29, 1.82) is 0 Å². The molecule has 0 saturated carbocycles. The molecule has 0 saturated heterocycles. The van der Waals surface area contributed by atoms with Crippen LogP contribution in [0.15, 0.2) is 18.3 Å². The predicted octanol–water partition coefficient (Wildman–Crippen LogP) is 2.28. The Morgan fingerprint density at radius 3 is 2.22 bits per heavy atom. The minimum absolute atomic E-state index is 0. The van der Waals surface area contributed by atoms with E-state index in [1.165, 1.54) is 5.56 Å². The largest absolute Gasteiger partial charge is 0.261 e. The molecular formula is C7H10BrN. The molecule has 1 rings (SSSR count). The van der Waals surface area contributed by atoms with Gasteiger partial charge in [-0.1, -0.05) is 6.07 Å². The summed E-state index contributed by atoms with van der Waals surface area (Å²) in [7, 11) is 0. The molecule has 1 heterocycles. The number of hydrogen-bond donors (Lipinski definition) is 0. The van der Waals surface area contributed by atoms with Crippen molar-refractivity contribution in [3.05, 3.63) is 29.6 Å². The molecule has 1 aromatic heterocycles. The van der Waals surface area contributed by atoms with Crippen LogP contribution in [0.5, 0.6) is 0 Å². The fourth-order valence-corrected chi connectivity index (χ4v) is 0.542. The molecule has 2 heteroatoms. The van der Waals surface area contributed by atoms with Crippen LogP contribution in [-0.2, 0) is 0 Å².